The fourth-order valence-corrected chi connectivity index (χ4v) is 3.67. The fraction of sp³-hybridized carbons (Fsp3) is 0.625. The molecule has 3 atom stereocenters. The summed E-state index contributed by atoms with van der Waals surface area (Å²) >= 11 is 0. The first-order valence-electron chi connectivity index (χ1n) is 7.09. The zero-order chi connectivity index (χ0) is 12.8. The van der Waals surface area contributed by atoms with Crippen LogP contribution in [0.3, 0.4) is 0 Å². The van der Waals surface area contributed by atoms with Crippen molar-refractivity contribution in [3.63, 3.8) is 0 Å². The molecule has 3 unspecified atom stereocenters. The Kier molecular flexibility index (Phi) is 2.86. The van der Waals surface area contributed by atoms with Gasteiger partial charge in [0.15, 0.2) is 0 Å². The summed E-state index contributed by atoms with van der Waals surface area (Å²) in [6, 6.07) is 7.02. The number of hydrogen-bond acceptors (Lipinski definition) is 2. The molecule has 1 aromatic carbocycles. The number of benzene rings is 1. The maximum absolute atomic E-state index is 6.40. The van der Waals surface area contributed by atoms with Gasteiger partial charge in [0, 0.05) is 18.0 Å². The monoisotopic (exact) mass is 245 g/mol. The third-order valence-corrected chi connectivity index (χ3v) is 4.60. The Morgan fingerprint density at radius 1 is 1.33 bits per heavy atom. The third-order valence-electron chi connectivity index (χ3n) is 4.60. The van der Waals surface area contributed by atoms with Crippen molar-refractivity contribution in [1.82, 2.24) is 5.32 Å². The summed E-state index contributed by atoms with van der Waals surface area (Å²) in [5.74, 6) is 1.90. The van der Waals surface area contributed by atoms with Crippen LogP contribution in [0.4, 0.5) is 0 Å². The van der Waals surface area contributed by atoms with Crippen LogP contribution in [-0.2, 0) is 0 Å². The lowest BCUT2D eigenvalue weighted by Gasteiger charge is -2.40. The largest absolute Gasteiger partial charge is 0.487 e. The predicted octanol–water partition coefficient (Wildman–Crippen LogP) is 3.60. The molecule has 1 aliphatic carbocycles. The zero-order valence-corrected chi connectivity index (χ0v) is 11.6. The van der Waals surface area contributed by atoms with Gasteiger partial charge in [-0.25, -0.2) is 0 Å². The van der Waals surface area contributed by atoms with Gasteiger partial charge >= 0.3 is 0 Å². The molecule has 1 aliphatic heterocycles. The van der Waals surface area contributed by atoms with E-state index < -0.39 is 0 Å². The molecule has 0 radical (unpaired) electrons. The number of nitrogens with one attached hydrogen (secondary N) is 1. The van der Waals surface area contributed by atoms with Crippen LogP contribution in [0.5, 0.6) is 5.75 Å². The molecule has 2 nitrogen and oxygen atoms in total. The Morgan fingerprint density at radius 3 is 2.83 bits per heavy atom. The van der Waals surface area contributed by atoms with Crippen LogP contribution in [0, 0.1) is 12.8 Å². The van der Waals surface area contributed by atoms with Crippen LogP contribution in [0.15, 0.2) is 18.2 Å². The van der Waals surface area contributed by atoms with Gasteiger partial charge in [-0.05, 0) is 45.2 Å². The molecule has 0 saturated heterocycles. The van der Waals surface area contributed by atoms with E-state index in [1.165, 1.54) is 30.4 Å². The quantitative estimate of drug-likeness (QED) is 0.816. The maximum Gasteiger partial charge on any atom is 0.124 e. The van der Waals surface area contributed by atoms with Crippen LogP contribution >= 0.6 is 0 Å². The Bertz CT molecular complexity index is 456. The van der Waals surface area contributed by atoms with Gasteiger partial charge in [0.2, 0.25) is 0 Å². The number of aryl methyl sites for hydroxylation is 1. The highest BCUT2D eigenvalue weighted by Crippen LogP contribution is 2.48. The van der Waals surface area contributed by atoms with Gasteiger partial charge in [0.05, 0.1) is 0 Å². The Labute approximate surface area is 110 Å². The molecule has 98 valence electrons. The number of rotatable bonds is 1. The third kappa shape index (κ3) is 1.93. The lowest BCUT2D eigenvalue weighted by Crippen LogP contribution is -2.41. The zero-order valence-electron chi connectivity index (χ0n) is 11.6. The summed E-state index contributed by atoms with van der Waals surface area (Å²) in [6.45, 7) is 4.49. The van der Waals surface area contributed by atoms with E-state index >= 15 is 0 Å². The Morgan fingerprint density at radius 2 is 2.17 bits per heavy atom. The van der Waals surface area contributed by atoms with Crippen LogP contribution in [0.2, 0.25) is 0 Å². The van der Waals surface area contributed by atoms with Gasteiger partial charge in [0.1, 0.15) is 11.4 Å². The Hall–Kier alpha value is -1.02. The van der Waals surface area contributed by atoms with Crippen molar-refractivity contribution in [3.8, 4) is 5.75 Å². The minimum atomic E-state index is 0.0926. The van der Waals surface area contributed by atoms with Crippen molar-refractivity contribution in [2.24, 2.45) is 5.92 Å². The summed E-state index contributed by atoms with van der Waals surface area (Å²) in [6.07, 6.45) is 4.83. The lowest BCUT2D eigenvalue weighted by molar-refractivity contribution is 0.0347. The molecule has 18 heavy (non-hydrogen) atoms. The highest BCUT2D eigenvalue weighted by Gasteiger charge is 2.44. The average Bonchev–Trinajstić information content (AvgIpc) is 2.70. The molecule has 2 heteroatoms. The molecular formula is C16H23NO. The number of hydrogen-bond donors (Lipinski definition) is 1. The van der Waals surface area contributed by atoms with Crippen molar-refractivity contribution < 1.29 is 4.74 Å². The molecule has 1 saturated carbocycles. The van der Waals surface area contributed by atoms with E-state index in [1.54, 1.807) is 0 Å². The molecule has 1 heterocycles. The first-order chi connectivity index (χ1) is 8.62. The fourth-order valence-electron chi connectivity index (χ4n) is 3.67. The highest BCUT2D eigenvalue weighted by molar-refractivity contribution is 5.41. The summed E-state index contributed by atoms with van der Waals surface area (Å²) < 4.78 is 6.40. The van der Waals surface area contributed by atoms with E-state index in [2.05, 4.69) is 44.4 Å². The summed E-state index contributed by atoms with van der Waals surface area (Å²) in [4.78, 5) is 0. The molecular weight excluding hydrogens is 222 g/mol. The van der Waals surface area contributed by atoms with Gasteiger partial charge < -0.3 is 10.1 Å². The van der Waals surface area contributed by atoms with E-state index in [9.17, 15) is 0 Å². The second-order valence-corrected chi connectivity index (χ2v) is 6.22. The van der Waals surface area contributed by atoms with Gasteiger partial charge in [0.25, 0.3) is 0 Å². The van der Waals surface area contributed by atoms with Crippen molar-refractivity contribution in [2.75, 3.05) is 7.05 Å². The molecule has 2 aliphatic rings. The van der Waals surface area contributed by atoms with Crippen molar-refractivity contribution in [2.45, 2.75) is 51.2 Å². The lowest BCUT2D eigenvalue weighted by atomic mass is 9.85. The van der Waals surface area contributed by atoms with Gasteiger partial charge in [-0.3, -0.25) is 0 Å². The normalized spacial score (nSPS) is 34.4. The summed E-state index contributed by atoms with van der Waals surface area (Å²) in [5, 5.41) is 3.47. The van der Waals surface area contributed by atoms with Crippen molar-refractivity contribution in [1.29, 1.82) is 0 Å². The second-order valence-electron chi connectivity index (χ2n) is 6.22. The minimum absolute atomic E-state index is 0.0926. The van der Waals surface area contributed by atoms with Gasteiger partial charge in [-0.2, -0.15) is 0 Å². The van der Waals surface area contributed by atoms with E-state index in [-0.39, 0.29) is 5.60 Å². The van der Waals surface area contributed by atoms with E-state index in [0.29, 0.717) is 6.04 Å². The highest BCUT2D eigenvalue weighted by atomic mass is 16.5. The first-order valence-corrected chi connectivity index (χ1v) is 7.09. The van der Waals surface area contributed by atoms with Crippen molar-refractivity contribution in [3.05, 3.63) is 29.3 Å². The maximum atomic E-state index is 6.40. The summed E-state index contributed by atoms with van der Waals surface area (Å²) in [7, 11) is 2.06. The molecule has 0 aromatic heterocycles. The molecule has 0 bridgehead atoms. The average molecular weight is 245 g/mol. The SMILES string of the molecule is CNC1CC2(CCC(C)C2)Oc2ccc(C)cc21. The second kappa shape index (κ2) is 4.27. The van der Waals surface area contributed by atoms with E-state index in [1.807, 2.05) is 0 Å². The van der Waals surface area contributed by atoms with Gasteiger partial charge in [-0.1, -0.05) is 24.6 Å². The van der Waals surface area contributed by atoms with Gasteiger partial charge in [-0.15, -0.1) is 0 Å². The number of ether oxygens (including phenoxy) is 1. The molecule has 1 spiro atoms. The van der Waals surface area contributed by atoms with E-state index in [0.717, 1.165) is 18.1 Å². The van der Waals surface area contributed by atoms with Crippen molar-refractivity contribution >= 4 is 0 Å². The molecule has 3 rings (SSSR count). The standard InChI is InChI=1S/C16H23NO/c1-11-4-5-15-13(8-11)14(17-3)10-16(18-15)7-6-12(2)9-16/h4-5,8,12,14,17H,6-7,9-10H2,1-3H3. The number of fused-ring (bicyclic) bond motifs is 1. The topological polar surface area (TPSA) is 21.3 Å². The van der Waals surface area contributed by atoms with Crippen LogP contribution in [0.25, 0.3) is 0 Å². The Balaban J connectivity index is 1.97. The molecule has 1 N–H and O–H groups in total. The van der Waals surface area contributed by atoms with Crippen LogP contribution < -0.4 is 10.1 Å². The predicted molar refractivity (Wildman–Crippen MR) is 74.0 cm³/mol. The molecule has 1 aromatic rings. The first kappa shape index (κ1) is 12.0. The summed E-state index contributed by atoms with van der Waals surface area (Å²) in [5.41, 5.74) is 2.74. The molecule has 0 amide bonds. The molecule has 1 fully saturated rings. The van der Waals surface area contributed by atoms with E-state index in [4.69, 9.17) is 4.74 Å². The van der Waals surface area contributed by atoms with Crippen LogP contribution in [-0.4, -0.2) is 12.6 Å². The minimum Gasteiger partial charge on any atom is -0.487 e. The van der Waals surface area contributed by atoms with Crippen LogP contribution in [0.1, 0.15) is 49.8 Å². The smallest absolute Gasteiger partial charge is 0.124 e.